The first-order chi connectivity index (χ1) is 12.0. The summed E-state index contributed by atoms with van der Waals surface area (Å²) in [6.45, 7) is 9.50. The highest BCUT2D eigenvalue weighted by atomic mass is 16.3. The molecule has 2 aromatic rings. The molecule has 6 heteroatoms. The van der Waals surface area contributed by atoms with Gasteiger partial charge in [-0.1, -0.05) is 0 Å². The Labute approximate surface area is 148 Å². The Morgan fingerprint density at radius 3 is 2.48 bits per heavy atom. The molecule has 0 atom stereocenters. The lowest BCUT2D eigenvalue weighted by Crippen LogP contribution is -2.49. The Hall–Kier alpha value is -2.34. The predicted molar refractivity (Wildman–Crippen MR) is 94.7 cm³/mol. The minimum absolute atomic E-state index is 0.104. The van der Waals surface area contributed by atoms with Gasteiger partial charge in [0.2, 0.25) is 5.91 Å². The van der Waals surface area contributed by atoms with Gasteiger partial charge in [-0.15, -0.1) is 0 Å². The third kappa shape index (κ3) is 3.85. The molecule has 0 aromatic carbocycles. The van der Waals surface area contributed by atoms with Crippen molar-refractivity contribution in [1.82, 2.24) is 14.4 Å². The number of Topliss-reactive ketones (excluding diaryl/α,β-unsaturated/α-hetero) is 1. The maximum atomic E-state index is 12.8. The number of nitrogens with zero attached hydrogens (tertiary/aromatic N) is 3. The zero-order valence-electron chi connectivity index (χ0n) is 15.1. The molecular formula is C19H25N3O3. The molecule has 3 rings (SSSR count). The van der Waals surface area contributed by atoms with E-state index >= 15 is 0 Å². The fourth-order valence-corrected chi connectivity index (χ4v) is 3.39. The van der Waals surface area contributed by atoms with Crippen LogP contribution in [0.25, 0.3) is 0 Å². The highest BCUT2D eigenvalue weighted by Gasteiger charge is 2.23. The van der Waals surface area contributed by atoms with Crippen LogP contribution in [0.15, 0.2) is 28.9 Å². The summed E-state index contributed by atoms with van der Waals surface area (Å²) in [6.07, 6.45) is 1.66. The van der Waals surface area contributed by atoms with Crippen LogP contribution in [0.2, 0.25) is 0 Å². The second-order valence-corrected chi connectivity index (χ2v) is 6.66. The van der Waals surface area contributed by atoms with Gasteiger partial charge in [-0.2, -0.15) is 0 Å². The standard InChI is InChI=1S/C19H25N3O3/c1-14-11-18(15(2)22(14)12-17-5-4-10-25-17)19(24)13-20-6-8-21(9-7-20)16(3)23/h4-5,10-11H,6-9,12-13H2,1-3H3. The van der Waals surface area contributed by atoms with Gasteiger partial charge in [0.1, 0.15) is 5.76 Å². The lowest BCUT2D eigenvalue weighted by molar-refractivity contribution is -0.130. The topological polar surface area (TPSA) is 58.7 Å². The van der Waals surface area contributed by atoms with Crippen LogP contribution in [-0.2, 0) is 11.3 Å². The number of aromatic nitrogens is 1. The highest BCUT2D eigenvalue weighted by Crippen LogP contribution is 2.18. The van der Waals surface area contributed by atoms with Gasteiger partial charge in [0.15, 0.2) is 5.78 Å². The van der Waals surface area contributed by atoms with E-state index in [2.05, 4.69) is 9.47 Å². The van der Waals surface area contributed by atoms with Gasteiger partial charge in [-0.3, -0.25) is 14.5 Å². The van der Waals surface area contributed by atoms with Gasteiger partial charge in [0.25, 0.3) is 0 Å². The van der Waals surface area contributed by atoms with Crippen molar-refractivity contribution in [1.29, 1.82) is 0 Å². The molecule has 25 heavy (non-hydrogen) atoms. The molecule has 0 aliphatic carbocycles. The van der Waals surface area contributed by atoms with E-state index in [0.29, 0.717) is 26.2 Å². The minimum atomic E-state index is 0.104. The fourth-order valence-electron chi connectivity index (χ4n) is 3.39. The van der Waals surface area contributed by atoms with Gasteiger partial charge < -0.3 is 13.9 Å². The molecule has 0 radical (unpaired) electrons. The van der Waals surface area contributed by atoms with Gasteiger partial charge in [-0.05, 0) is 32.0 Å². The smallest absolute Gasteiger partial charge is 0.219 e. The summed E-state index contributed by atoms with van der Waals surface area (Å²) in [5.41, 5.74) is 2.80. The number of amides is 1. The number of hydrogen-bond acceptors (Lipinski definition) is 4. The van der Waals surface area contributed by atoms with Crippen LogP contribution in [0.1, 0.15) is 34.4 Å². The summed E-state index contributed by atoms with van der Waals surface area (Å²) in [4.78, 5) is 28.1. The van der Waals surface area contributed by atoms with E-state index in [4.69, 9.17) is 4.42 Å². The lowest BCUT2D eigenvalue weighted by Gasteiger charge is -2.33. The molecule has 0 spiro atoms. The van der Waals surface area contributed by atoms with Crippen molar-refractivity contribution < 1.29 is 14.0 Å². The number of rotatable bonds is 5. The first kappa shape index (κ1) is 17.5. The average molecular weight is 343 g/mol. The Morgan fingerprint density at radius 1 is 1.16 bits per heavy atom. The minimum Gasteiger partial charge on any atom is -0.467 e. The van der Waals surface area contributed by atoms with Gasteiger partial charge in [-0.25, -0.2) is 0 Å². The van der Waals surface area contributed by atoms with Gasteiger partial charge in [0.05, 0.1) is 19.4 Å². The normalized spacial score (nSPS) is 15.6. The molecule has 1 saturated heterocycles. The Bertz CT molecular complexity index is 753. The van der Waals surface area contributed by atoms with E-state index in [-0.39, 0.29) is 11.7 Å². The van der Waals surface area contributed by atoms with Crippen LogP contribution in [-0.4, -0.2) is 58.8 Å². The first-order valence-electron chi connectivity index (χ1n) is 8.66. The zero-order chi connectivity index (χ0) is 18.0. The third-order valence-corrected chi connectivity index (χ3v) is 4.95. The predicted octanol–water partition coefficient (Wildman–Crippen LogP) is 2.09. The molecular weight excluding hydrogens is 318 g/mol. The third-order valence-electron chi connectivity index (χ3n) is 4.95. The SMILES string of the molecule is CC(=O)N1CCN(CC(=O)c2cc(C)n(Cc3ccco3)c2C)CC1. The quantitative estimate of drug-likeness (QED) is 0.780. The second-order valence-electron chi connectivity index (χ2n) is 6.66. The zero-order valence-corrected chi connectivity index (χ0v) is 15.1. The van der Waals surface area contributed by atoms with Crippen molar-refractivity contribution in [2.24, 2.45) is 0 Å². The number of furan rings is 1. The van der Waals surface area contributed by atoms with Crippen molar-refractivity contribution >= 4 is 11.7 Å². The molecule has 2 aromatic heterocycles. The summed E-state index contributed by atoms with van der Waals surface area (Å²) < 4.78 is 7.53. The molecule has 134 valence electrons. The molecule has 1 aliphatic rings. The molecule has 1 fully saturated rings. The number of aryl methyl sites for hydroxylation is 1. The number of piperazine rings is 1. The molecule has 3 heterocycles. The Kier molecular flexibility index (Phi) is 5.08. The molecule has 0 unspecified atom stereocenters. The molecule has 1 amide bonds. The van der Waals surface area contributed by atoms with Crippen LogP contribution in [0.4, 0.5) is 0 Å². The fraction of sp³-hybridized carbons (Fsp3) is 0.474. The summed E-state index contributed by atoms with van der Waals surface area (Å²) in [6, 6.07) is 5.78. The number of carbonyl (C=O) groups is 2. The summed E-state index contributed by atoms with van der Waals surface area (Å²) in [7, 11) is 0. The molecule has 0 saturated carbocycles. The maximum Gasteiger partial charge on any atom is 0.219 e. The van der Waals surface area contributed by atoms with Crippen molar-refractivity contribution in [3.63, 3.8) is 0 Å². The number of ketones is 1. The van der Waals surface area contributed by atoms with Crippen molar-refractivity contribution in [2.45, 2.75) is 27.3 Å². The lowest BCUT2D eigenvalue weighted by atomic mass is 10.1. The summed E-state index contributed by atoms with van der Waals surface area (Å²) in [5.74, 6) is 1.11. The van der Waals surface area contributed by atoms with E-state index in [1.807, 2.05) is 36.9 Å². The van der Waals surface area contributed by atoms with Crippen LogP contribution in [0.5, 0.6) is 0 Å². The summed E-state index contributed by atoms with van der Waals surface area (Å²) >= 11 is 0. The van der Waals surface area contributed by atoms with Crippen molar-refractivity contribution in [3.05, 3.63) is 47.2 Å². The van der Waals surface area contributed by atoms with Crippen LogP contribution >= 0.6 is 0 Å². The summed E-state index contributed by atoms with van der Waals surface area (Å²) in [5, 5.41) is 0. The number of carbonyl (C=O) groups excluding carboxylic acids is 2. The monoisotopic (exact) mass is 343 g/mol. The molecule has 0 N–H and O–H groups in total. The maximum absolute atomic E-state index is 12.8. The van der Waals surface area contributed by atoms with Gasteiger partial charge >= 0.3 is 0 Å². The second kappa shape index (κ2) is 7.27. The van der Waals surface area contributed by atoms with Crippen LogP contribution in [0.3, 0.4) is 0 Å². The Morgan fingerprint density at radius 2 is 1.88 bits per heavy atom. The largest absolute Gasteiger partial charge is 0.467 e. The van der Waals surface area contributed by atoms with E-state index in [1.54, 1.807) is 13.2 Å². The highest BCUT2D eigenvalue weighted by molar-refractivity contribution is 5.99. The number of hydrogen-bond donors (Lipinski definition) is 0. The van der Waals surface area contributed by atoms with Crippen molar-refractivity contribution in [2.75, 3.05) is 32.7 Å². The van der Waals surface area contributed by atoms with E-state index in [1.165, 1.54) is 0 Å². The average Bonchev–Trinajstić information content (AvgIpc) is 3.19. The first-order valence-corrected chi connectivity index (χ1v) is 8.66. The van der Waals surface area contributed by atoms with E-state index in [9.17, 15) is 9.59 Å². The Balaban J connectivity index is 1.66. The van der Waals surface area contributed by atoms with Crippen molar-refractivity contribution in [3.8, 4) is 0 Å². The molecule has 6 nitrogen and oxygen atoms in total. The van der Waals surface area contributed by atoms with Gasteiger partial charge in [0, 0.05) is 50.1 Å². The van der Waals surface area contributed by atoms with Crippen LogP contribution in [0, 0.1) is 13.8 Å². The molecule has 0 bridgehead atoms. The molecule has 1 aliphatic heterocycles. The van der Waals surface area contributed by atoms with E-state index < -0.39 is 0 Å². The van der Waals surface area contributed by atoms with E-state index in [0.717, 1.165) is 35.8 Å². The van der Waals surface area contributed by atoms with Crippen LogP contribution < -0.4 is 0 Å².